The Morgan fingerprint density at radius 3 is 2.69 bits per heavy atom. The van der Waals surface area contributed by atoms with Crippen LogP contribution in [0.3, 0.4) is 0 Å². The fraction of sp³-hybridized carbons (Fsp3) is 0.200. The fourth-order valence-electron chi connectivity index (χ4n) is 1.19. The highest BCUT2D eigenvalue weighted by Gasteiger charge is 2.35. The largest absolute Gasteiger partial charge is 0.479 e. The highest BCUT2D eigenvalue weighted by molar-refractivity contribution is 6.30. The summed E-state index contributed by atoms with van der Waals surface area (Å²) < 4.78 is 12.9. The zero-order valence-electron chi connectivity index (χ0n) is 8.33. The van der Waals surface area contributed by atoms with E-state index in [-0.39, 0.29) is 17.0 Å². The Bertz CT molecular complexity index is 438. The minimum Gasteiger partial charge on any atom is -0.479 e. The van der Waals surface area contributed by atoms with Crippen molar-refractivity contribution in [3.05, 3.63) is 34.6 Å². The van der Waals surface area contributed by atoms with E-state index in [1.54, 1.807) is 0 Å². The Morgan fingerprint density at radius 2 is 2.25 bits per heavy atom. The first-order valence-electron chi connectivity index (χ1n) is 4.32. The van der Waals surface area contributed by atoms with E-state index in [0.29, 0.717) is 0 Å². The maximum Gasteiger partial charge on any atom is 0.333 e. The molecule has 16 heavy (non-hydrogen) atoms. The molecular formula is C10H9ClFNO3. The maximum absolute atomic E-state index is 12.9. The Kier molecular flexibility index (Phi) is 3.49. The van der Waals surface area contributed by atoms with Crippen LogP contribution < -0.4 is 5.32 Å². The standard InChI is InChI=1S/C10H9ClFNO3/c1-10(9(15)16,13-5-14)6-2-3-8(12)7(11)4-6/h2-5H,1H3,(H,13,14)(H,15,16). The van der Waals surface area contributed by atoms with Gasteiger partial charge >= 0.3 is 5.97 Å². The average Bonchev–Trinajstić information content (AvgIpc) is 2.22. The molecule has 0 aliphatic rings. The fourth-order valence-corrected chi connectivity index (χ4v) is 1.37. The quantitative estimate of drug-likeness (QED) is 0.791. The molecule has 0 spiro atoms. The lowest BCUT2D eigenvalue weighted by molar-refractivity contribution is -0.145. The zero-order chi connectivity index (χ0) is 12.3. The van der Waals surface area contributed by atoms with E-state index in [1.165, 1.54) is 19.1 Å². The molecule has 1 unspecified atom stereocenters. The summed E-state index contributed by atoms with van der Waals surface area (Å²) in [5.41, 5.74) is -1.43. The molecule has 0 aliphatic heterocycles. The molecule has 1 aromatic carbocycles. The van der Waals surface area contributed by atoms with Crippen LogP contribution in [-0.2, 0) is 15.1 Å². The summed E-state index contributed by atoms with van der Waals surface area (Å²) in [4.78, 5) is 21.4. The lowest BCUT2D eigenvalue weighted by Crippen LogP contribution is -2.46. The summed E-state index contributed by atoms with van der Waals surface area (Å²) in [6.45, 7) is 1.29. The van der Waals surface area contributed by atoms with Gasteiger partial charge < -0.3 is 10.4 Å². The number of halogens is 2. The second-order valence-corrected chi connectivity index (χ2v) is 3.73. The van der Waals surface area contributed by atoms with Gasteiger partial charge in [0, 0.05) is 0 Å². The normalized spacial score (nSPS) is 13.9. The van der Waals surface area contributed by atoms with E-state index in [0.717, 1.165) is 6.07 Å². The van der Waals surface area contributed by atoms with Gasteiger partial charge in [-0.05, 0) is 24.6 Å². The Balaban J connectivity index is 3.26. The number of carboxylic acid groups (broad SMARTS) is 1. The van der Waals surface area contributed by atoms with Crippen molar-refractivity contribution in [2.24, 2.45) is 0 Å². The van der Waals surface area contributed by atoms with Crippen LogP contribution in [0.1, 0.15) is 12.5 Å². The first-order valence-corrected chi connectivity index (χ1v) is 4.70. The molecular weight excluding hydrogens is 237 g/mol. The van der Waals surface area contributed by atoms with Crippen LogP contribution in [0.5, 0.6) is 0 Å². The first kappa shape index (κ1) is 12.4. The van der Waals surface area contributed by atoms with Gasteiger partial charge in [0.05, 0.1) is 5.02 Å². The lowest BCUT2D eigenvalue weighted by Gasteiger charge is -2.24. The van der Waals surface area contributed by atoms with Gasteiger partial charge in [0.1, 0.15) is 5.82 Å². The third-order valence-electron chi connectivity index (χ3n) is 2.27. The average molecular weight is 246 g/mol. The number of nitrogens with one attached hydrogen (secondary N) is 1. The van der Waals surface area contributed by atoms with Crippen molar-refractivity contribution in [3.8, 4) is 0 Å². The summed E-state index contributed by atoms with van der Waals surface area (Å²) in [7, 11) is 0. The van der Waals surface area contributed by atoms with Crippen molar-refractivity contribution in [1.29, 1.82) is 0 Å². The van der Waals surface area contributed by atoms with Crippen LogP contribution in [0.4, 0.5) is 4.39 Å². The molecule has 0 saturated heterocycles. The van der Waals surface area contributed by atoms with Gasteiger partial charge in [-0.2, -0.15) is 0 Å². The number of amides is 1. The van der Waals surface area contributed by atoms with E-state index in [4.69, 9.17) is 16.7 Å². The van der Waals surface area contributed by atoms with Crippen molar-refractivity contribution in [2.75, 3.05) is 0 Å². The Morgan fingerprint density at radius 1 is 1.62 bits per heavy atom. The summed E-state index contributed by atoms with van der Waals surface area (Å²) in [5, 5.41) is 11.0. The highest BCUT2D eigenvalue weighted by Crippen LogP contribution is 2.25. The predicted octanol–water partition coefficient (Wildman–Crippen LogP) is 1.52. The number of aliphatic carboxylic acids is 1. The van der Waals surface area contributed by atoms with Crippen LogP contribution in [0.25, 0.3) is 0 Å². The molecule has 1 amide bonds. The molecule has 0 aromatic heterocycles. The number of benzene rings is 1. The molecule has 0 fully saturated rings. The van der Waals surface area contributed by atoms with E-state index in [2.05, 4.69) is 5.32 Å². The molecule has 86 valence electrons. The van der Waals surface area contributed by atoms with Gasteiger partial charge in [-0.1, -0.05) is 17.7 Å². The van der Waals surface area contributed by atoms with Gasteiger partial charge in [0.2, 0.25) is 6.41 Å². The Labute approximate surface area is 96.0 Å². The van der Waals surface area contributed by atoms with Crippen molar-refractivity contribution >= 4 is 24.0 Å². The molecule has 1 rings (SSSR count). The smallest absolute Gasteiger partial charge is 0.333 e. The van der Waals surface area contributed by atoms with Crippen molar-refractivity contribution in [2.45, 2.75) is 12.5 Å². The highest BCUT2D eigenvalue weighted by atomic mass is 35.5. The minimum absolute atomic E-state index is 0.193. The van der Waals surface area contributed by atoms with Crippen LogP contribution in [-0.4, -0.2) is 17.5 Å². The number of hydrogen-bond acceptors (Lipinski definition) is 2. The van der Waals surface area contributed by atoms with E-state index < -0.39 is 17.3 Å². The molecule has 0 aliphatic carbocycles. The van der Waals surface area contributed by atoms with Crippen LogP contribution in [0.15, 0.2) is 18.2 Å². The third-order valence-corrected chi connectivity index (χ3v) is 2.56. The Hall–Kier alpha value is -1.62. The number of carbonyl (C=O) groups excluding carboxylic acids is 1. The van der Waals surface area contributed by atoms with Crippen LogP contribution in [0, 0.1) is 5.82 Å². The summed E-state index contributed by atoms with van der Waals surface area (Å²) in [6, 6.07) is 3.47. The summed E-state index contributed by atoms with van der Waals surface area (Å²) >= 11 is 5.54. The monoisotopic (exact) mass is 245 g/mol. The SMILES string of the molecule is CC(NC=O)(C(=O)O)c1ccc(F)c(Cl)c1. The van der Waals surface area contributed by atoms with E-state index in [9.17, 15) is 14.0 Å². The molecule has 4 nitrogen and oxygen atoms in total. The van der Waals surface area contributed by atoms with Gasteiger partial charge in [0.25, 0.3) is 0 Å². The van der Waals surface area contributed by atoms with Gasteiger partial charge in [-0.25, -0.2) is 9.18 Å². The maximum atomic E-state index is 12.9. The molecule has 1 aromatic rings. The number of hydrogen-bond donors (Lipinski definition) is 2. The summed E-state index contributed by atoms with van der Waals surface area (Å²) in [5.74, 6) is -1.91. The predicted molar refractivity (Wildman–Crippen MR) is 55.6 cm³/mol. The lowest BCUT2D eigenvalue weighted by atomic mass is 9.92. The summed E-state index contributed by atoms with van der Waals surface area (Å²) in [6.07, 6.45) is 0.269. The molecule has 1 atom stereocenters. The topological polar surface area (TPSA) is 66.4 Å². The van der Waals surface area contributed by atoms with Crippen molar-refractivity contribution in [3.63, 3.8) is 0 Å². The van der Waals surface area contributed by atoms with E-state index >= 15 is 0 Å². The minimum atomic E-state index is -1.63. The molecule has 0 bridgehead atoms. The first-order chi connectivity index (χ1) is 7.41. The van der Waals surface area contributed by atoms with Gasteiger partial charge in [-0.3, -0.25) is 4.79 Å². The van der Waals surface area contributed by atoms with Crippen LogP contribution in [0.2, 0.25) is 5.02 Å². The number of carbonyl (C=O) groups is 2. The van der Waals surface area contributed by atoms with E-state index in [1.807, 2.05) is 0 Å². The van der Waals surface area contributed by atoms with Crippen molar-refractivity contribution in [1.82, 2.24) is 5.32 Å². The third kappa shape index (κ3) is 2.14. The second kappa shape index (κ2) is 4.49. The molecule has 0 saturated carbocycles. The molecule has 6 heteroatoms. The van der Waals surface area contributed by atoms with Crippen LogP contribution >= 0.6 is 11.6 Å². The van der Waals surface area contributed by atoms with Gasteiger partial charge in [0.15, 0.2) is 5.54 Å². The molecule has 2 N–H and O–H groups in total. The number of rotatable bonds is 4. The molecule has 0 radical (unpaired) electrons. The second-order valence-electron chi connectivity index (χ2n) is 3.32. The zero-order valence-corrected chi connectivity index (χ0v) is 9.08. The molecule has 0 heterocycles. The van der Waals surface area contributed by atoms with Crippen molar-refractivity contribution < 1.29 is 19.1 Å². The van der Waals surface area contributed by atoms with Gasteiger partial charge in [-0.15, -0.1) is 0 Å². The number of carboxylic acids is 1.